The van der Waals surface area contributed by atoms with Gasteiger partial charge in [0.05, 0.1) is 24.0 Å². The lowest BCUT2D eigenvalue weighted by Gasteiger charge is -2.50. The molecule has 1 saturated heterocycles. The number of hydrogen-bond donors (Lipinski definition) is 5. The summed E-state index contributed by atoms with van der Waals surface area (Å²) in [7, 11) is 0. The number of nitrogens with zero attached hydrogens (tertiary/aromatic N) is 1. The maximum absolute atomic E-state index is 10.3. The normalized spacial score (nSPS) is 42.2. The van der Waals surface area contributed by atoms with Crippen molar-refractivity contribution in [1.29, 1.82) is 0 Å². The van der Waals surface area contributed by atoms with Crippen molar-refractivity contribution in [2.45, 2.75) is 50.3 Å². The van der Waals surface area contributed by atoms with Crippen LogP contribution >= 0.6 is 0 Å². The third kappa shape index (κ3) is 2.36. The minimum absolute atomic E-state index is 0.325. The first-order valence-corrected chi connectivity index (χ1v) is 6.57. The molecule has 1 fully saturated rings. The minimum Gasteiger partial charge on any atom is -0.411 e. The van der Waals surface area contributed by atoms with Crippen molar-refractivity contribution < 1.29 is 30.4 Å². The van der Waals surface area contributed by atoms with Crippen LogP contribution in [-0.2, 0) is 4.74 Å². The van der Waals surface area contributed by atoms with Crippen LogP contribution in [0.3, 0.4) is 0 Å². The molecule has 2 aliphatic rings. The van der Waals surface area contributed by atoms with E-state index < -0.39 is 42.5 Å². The molecule has 2 bridgehead atoms. The fourth-order valence-corrected chi connectivity index (χ4v) is 2.90. The summed E-state index contributed by atoms with van der Waals surface area (Å²) in [5.41, 5.74) is 0.425. The third-order valence-electron chi connectivity index (χ3n) is 4.37. The van der Waals surface area contributed by atoms with Gasteiger partial charge in [-0.1, -0.05) is 5.16 Å². The highest BCUT2D eigenvalue weighted by Gasteiger charge is 2.52. The Hall–Kier alpha value is -0.990. The second-order valence-electron chi connectivity index (χ2n) is 5.71. The first kappa shape index (κ1) is 15.4. The number of allylic oxidation sites excluding steroid dienone is 1. The molecule has 2 rings (SSSR count). The monoisotopic (exact) mass is 287 g/mol. The number of oxime groups is 1. The smallest absolute Gasteiger partial charge is 0.114 e. The van der Waals surface area contributed by atoms with Crippen LogP contribution in [0.15, 0.2) is 16.8 Å². The summed E-state index contributed by atoms with van der Waals surface area (Å²) in [5, 5.41) is 51.0. The molecule has 0 amide bonds. The van der Waals surface area contributed by atoms with Crippen LogP contribution in [0.4, 0.5) is 0 Å². The van der Waals surface area contributed by atoms with Crippen LogP contribution in [0.5, 0.6) is 0 Å². The van der Waals surface area contributed by atoms with Gasteiger partial charge >= 0.3 is 0 Å². The van der Waals surface area contributed by atoms with Gasteiger partial charge in [0.1, 0.15) is 18.3 Å². The van der Waals surface area contributed by atoms with Crippen LogP contribution in [-0.4, -0.2) is 68.0 Å². The Morgan fingerprint density at radius 2 is 2.15 bits per heavy atom. The lowest BCUT2D eigenvalue weighted by atomic mass is 9.71. The van der Waals surface area contributed by atoms with Crippen LogP contribution < -0.4 is 0 Å². The van der Waals surface area contributed by atoms with Crippen molar-refractivity contribution in [3.8, 4) is 0 Å². The Kier molecular flexibility index (Phi) is 4.17. The Bertz CT molecular complexity index is 437. The average molecular weight is 287 g/mol. The average Bonchev–Trinajstić information content (AvgIpc) is 2.44. The zero-order valence-electron chi connectivity index (χ0n) is 11.5. The molecule has 1 aliphatic heterocycles. The number of hydrogen-bond acceptors (Lipinski definition) is 7. The van der Waals surface area contributed by atoms with Gasteiger partial charge in [-0.3, -0.25) is 0 Å². The number of aliphatic hydroxyl groups is 4. The Morgan fingerprint density at radius 1 is 1.50 bits per heavy atom. The predicted octanol–water partition coefficient (Wildman–Crippen LogP) is -0.985. The summed E-state index contributed by atoms with van der Waals surface area (Å²) in [4.78, 5) is 0. The van der Waals surface area contributed by atoms with E-state index in [4.69, 9.17) is 15.1 Å². The molecule has 5 N–H and O–H groups in total. The number of ether oxygens (including phenoxy) is 1. The van der Waals surface area contributed by atoms with Gasteiger partial charge in [0.15, 0.2) is 0 Å². The summed E-state index contributed by atoms with van der Waals surface area (Å²) < 4.78 is 5.77. The standard InChI is InChI=1S/C13H21NO6/c1-6-3-8(14-19)7-4-13(6,2)20-12(10(7)17)11(18)9(16)5-15/h3,7,9-12,15-19H,4-5H2,1-2H3/b14-8-/t7?,9-,10+,11+,12-,13?/m1/s1. The summed E-state index contributed by atoms with van der Waals surface area (Å²) in [6, 6.07) is 0. The van der Waals surface area contributed by atoms with E-state index in [-0.39, 0.29) is 0 Å². The largest absolute Gasteiger partial charge is 0.411 e. The van der Waals surface area contributed by atoms with Crippen molar-refractivity contribution >= 4 is 5.71 Å². The molecule has 7 heteroatoms. The van der Waals surface area contributed by atoms with E-state index in [0.717, 1.165) is 5.57 Å². The van der Waals surface area contributed by atoms with Crippen LogP contribution in [0.25, 0.3) is 0 Å². The van der Waals surface area contributed by atoms with Gasteiger partial charge in [-0.15, -0.1) is 0 Å². The fraction of sp³-hybridized carbons (Fsp3) is 0.769. The molecular formula is C13H21NO6. The lowest BCUT2D eigenvalue weighted by molar-refractivity contribution is -0.217. The van der Waals surface area contributed by atoms with Crippen molar-refractivity contribution in [3.05, 3.63) is 11.6 Å². The quantitative estimate of drug-likeness (QED) is 0.336. The minimum atomic E-state index is -1.43. The predicted molar refractivity (Wildman–Crippen MR) is 69.5 cm³/mol. The van der Waals surface area contributed by atoms with Gasteiger partial charge in [0.25, 0.3) is 0 Å². The van der Waals surface area contributed by atoms with E-state index in [2.05, 4.69) is 5.16 Å². The highest BCUT2D eigenvalue weighted by Crippen LogP contribution is 2.43. The summed E-state index contributed by atoms with van der Waals surface area (Å²) in [5.74, 6) is -0.493. The molecule has 0 spiro atoms. The zero-order chi connectivity index (χ0) is 15.1. The number of aliphatic hydroxyl groups excluding tert-OH is 4. The van der Waals surface area contributed by atoms with Gasteiger partial charge in [0.2, 0.25) is 0 Å². The maximum Gasteiger partial charge on any atom is 0.114 e. The van der Waals surface area contributed by atoms with Crippen LogP contribution in [0.1, 0.15) is 20.3 Å². The first-order valence-electron chi connectivity index (χ1n) is 6.57. The van der Waals surface area contributed by atoms with Crippen molar-refractivity contribution in [1.82, 2.24) is 0 Å². The molecule has 0 aromatic heterocycles. The summed E-state index contributed by atoms with van der Waals surface area (Å²) >= 11 is 0. The van der Waals surface area contributed by atoms with Crippen molar-refractivity contribution in [2.24, 2.45) is 11.1 Å². The topological polar surface area (TPSA) is 123 Å². The molecule has 114 valence electrons. The Morgan fingerprint density at radius 3 is 2.70 bits per heavy atom. The molecule has 2 unspecified atom stereocenters. The van der Waals surface area contributed by atoms with E-state index in [1.807, 2.05) is 13.8 Å². The molecule has 7 nitrogen and oxygen atoms in total. The lowest BCUT2D eigenvalue weighted by Crippen LogP contribution is -2.61. The Labute approximate surface area is 116 Å². The molecular weight excluding hydrogens is 266 g/mol. The van der Waals surface area contributed by atoms with Gasteiger partial charge in [-0.25, -0.2) is 0 Å². The summed E-state index contributed by atoms with van der Waals surface area (Å²) in [6.07, 6.45) is -2.95. The number of rotatable bonds is 3. The second kappa shape index (κ2) is 5.42. The highest BCUT2D eigenvalue weighted by atomic mass is 16.5. The second-order valence-corrected chi connectivity index (χ2v) is 5.71. The molecule has 1 heterocycles. The van der Waals surface area contributed by atoms with E-state index in [0.29, 0.717) is 12.1 Å². The van der Waals surface area contributed by atoms with Gasteiger partial charge in [-0.05, 0) is 31.9 Å². The van der Waals surface area contributed by atoms with Crippen molar-refractivity contribution in [2.75, 3.05) is 6.61 Å². The van der Waals surface area contributed by atoms with Crippen LogP contribution in [0, 0.1) is 5.92 Å². The van der Waals surface area contributed by atoms with Crippen molar-refractivity contribution in [3.63, 3.8) is 0 Å². The van der Waals surface area contributed by atoms with E-state index >= 15 is 0 Å². The third-order valence-corrected chi connectivity index (χ3v) is 4.37. The SMILES string of the molecule is CC1=C/C(=N/O)C2CC1(C)O[C@@H]([C@@H](O)[C@H](O)CO)[C@H]2O. The molecule has 0 aromatic rings. The zero-order valence-corrected chi connectivity index (χ0v) is 11.5. The molecule has 0 aromatic carbocycles. The summed E-state index contributed by atoms with van der Waals surface area (Å²) in [6.45, 7) is 2.99. The molecule has 0 saturated carbocycles. The van der Waals surface area contributed by atoms with Crippen LogP contribution in [0.2, 0.25) is 0 Å². The molecule has 20 heavy (non-hydrogen) atoms. The highest BCUT2D eigenvalue weighted by molar-refractivity contribution is 5.99. The number of fused-ring (bicyclic) bond motifs is 2. The van der Waals surface area contributed by atoms with Gasteiger partial charge in [-0.2, -0.15) is 0 Å². The van der Waals surface area contributed by atoms with E-state index in [9.17, 15) is 15.3 Å². The van der Waals surface area contributed by atoms with E-state index in [1.165, 1.54) is 0 Å². The molecule has 6 atom stereocenters. The fourth-order valence-electron chi connectivity index (χ4n) is 2.90. The first-order chi connectivity index (χ1) is 9.34. The van der Waals surface area contributed by atoms with E-state index in [1.54, 1.807) is 6.08 Å². The van der Waals surface area contributed by atoms with Gasteiger partial charge < -0.3 is 30.4 Å². The van der Waals surface area contributed by atoms with Gasteiger partial charge in [0, 0.05) is 5.92 Å². The Balaban J connectivity index is 2.35. The maximum atomic E-state index is 10.3. The molecule has 1 aliphatic carbocycles. The molecule has 0 radical (unpaired) electrons.